The van der Waals surface area contributed by atoms with Crippen LogP contribution in [-0.2, 0) is 4.79 Å². The molecule has 4 heteroatoms. The standard InChI is InChI=1S/C21H26N2O2/c1-16-6-7-17(2)20(14-16)25-15-21(24)22-18-8-10-19(11-9-18)23-12-4-3-5-13-23/h6-11,14H,3-5,12-13,15H2,1-2H3,(H,22,24). The van der Waals surface area contributed by atoms with Gasteiger partial charge in [0.15, 0.2) is 6.61 Å². The van der Waals surface area contributed by atoms with Gasteiger partial charge in [-0.25, -0.2) is 0 Å². The zero-order chi connectivity index (χ0) is 17.6. The van der Waals surface area contributed by atoms with Crippen molar-refractivity contribution in [2.24, 2.45) is 0 Å². The van der Waals surface area contributed by atoms with Gasteiger partial charge in [0, 0.05) is 24.5 Å². The summed E-state index contributed by atoms with van der Waals surface area (Å²) >= 11 is 0. The first-order valence-corrected chi connectivity index (χ1v) is 8.97. The topological polar surface area (TPSA) is 41.6 Å². The van der Waals surface area contributed by atoms with Gasteiger partial charge in [-0.3, -0.25) is 4.79 Å². The van der Waals surface area contributed by atoms with Crippen LogP contribution in [0.5, 0.6) is 5.75 Å². The van der Waals surface area contributed by atoms with Gasteiger partial charge < -0.3 is 15.0 Å². The van der Waals surface area contributed by atoms with Gasteiger partial charge in [0.2, 0.25) is 0 Å². The van der Waals surface area contributed by atoms with Crippen LogP contribution in [0, 0.1) is 13.8 Å². The van der Waals surface area contributed by atoms with Gasteiger partial charge in [-0.15, -0.1) is 0 Å². The van der Waals surface area contributed by atoms with Crippen molar-refractivity contribution in [2.75, 3.05) is 29.9 Å². The molecule has 0 unspecified atom stereocenters. The number of rotatable bonds is 5. The van der Waals surface area contributed by atoms with Crippen molar-refractivity contribution in [3.63, 3.8) is 0 Å². The van der Waals surface area contributed by atoms with Gasteiger partial charge in [0.25, 0.3) is 5.91 Å². The molecule has 4 nitrogen and oxygen atoms in total. The molecule has 1 heterocycles. The summed E-state index contributed by atoms with van der Waals surface area (Å²) in [6, 6.07) is 14.1. The van der Waals surface area contributed by atoms with Gasteiger partial charge in [0.05, 0.1) is 0 Å². The highest BCUT2D eigenvalue weighted by Gasteiger charge is 2.11. The number of carbonyl (C=O) groups excluding carboxylic acids is 1. The first kappa shape index (κ1) is 17.3. The average Bonchev–Trinajstić information content (AvgIpc) is 2.64. The van der Waals surface area contributed by atoms with Crippen LogP contribution in [0.4, 0.5) is 11.4 Å². The largest absolute Gasteiger partial charge is 0.483 e. The van der Waals surface area contributed by atoms with Crippen LogP contribution in [-0.4, -0.2) is 25.6 Å². The Hall–Kier alpha value is -2.49. The molecule has 1 aliphatic rings. The fraction of sp³-hybridized carbons (Fsp3) is 0.381. The molecule has 0 aliphatic carbocycles. The third kappa shape index (κ3) is 4.75. The number of nitrogens with zero attached hydrogens (tertiary/aromatic N) is 1. The number of aryl methyl sites for hydroxylation is 2. The van der Waals surface area contributed by atoms with Crippen LogP contribution in [0.25, 0.3) is 0 Å². The lowest BCUT2D eigenvalue weighted by Gasteiger charge is -2.28. The molecule has 2 aromatic carbocycles. The van der Waals surface area contributed by atoms with E-state index in [1.165, 1.54) is 24.9 Å². The van der Waals surface area contributed by atoms with E-state index in [1.807, 2.05) is 44.2 Å². The average molecular weight is 338 g/mol. The molecule has 0 spiro atoms. The van der Waals surface area contributed by atoms with Gasteiger partial charge in [0.1, 0.15) is 5.75 Å². The molecular formula is C21H26N2O2. The first-order chi connectivity index (χ1) is 12.1. The summed E-state index contributed by atoms with van der Waals surface area (Å²) in [6.07, 6.45) is 3.84. The van der Waals surface area contributed by atoms with E-state index in [1.54, 1.807) is 0 Å². The van der Waals surface area contributed by atoms with Crippen molar-refractivity contribution < 1.29 is 9.53 Å². The Morgan fingerprint density at radius 2 is 1.76 bits per heavy atom. The highest BCUT2D eigenvalue weighted by atomic mass is 16.5. The summed E-state index contributed by atoms with van der Waals surface area (Å²) in [4.78, 5) is 14.5. The van der Waals surface area contributed by atoms with Crippen LogP contribution < -0.4 is 15.0 Å². The molecule has 0 aromatic heterocycles. The van der Waals surface area contributed by atoms with Gasteiger partial charge in [-0.05, 0) is 74.6 Å². The van der Waals surface area contributed by atoms with Crippen molar-refractivity contribution in [1.82, 2.24) is 0 Å². The van der Waals surface area contributed by atoms with Gasteiger partial charge >= 0.3 is 0 Å². The molecule has 1 N–H and O–H groups in total. The van der Waals surface area contributed by atoms with E-state index >= 15 is 0 Å². The first-order valence-electron chi connectivity index (χ1n) is 8.97. The van der Waals surface area contributed by atoms with E-state index in [4.69, 9.17) is 4.74 Å². The minimum atomic E-state index is -0.147. The number of hydrogen-bond acceptors (Lipinski definition) is 3. The van der Waals surface area contributed by atoms with Crippen molar-refractivity contribution >= 4 is 17.3 Å². The molecular weight excluding hydrogens is 312 g/mol. The third-order valence-corrected chi connectivity index (χ3v) is 4.57. The summed E-state index contributed by atoms with van der Waals surface area (Å²) < 4.78 is 5.65. The summed E-state index contributed by atoms with van der Waals surface area (Å²) in [5.41, 5.74) is 4.18. The number of hydrogen-bond donors (Lipinski definition) is 1. The fourth-order valence-electron chi connectivity index (χ4n) is 3.11. The lowest BCUT2D eigenvalue weighted by Crippen LogP contribution is -2.29. The third-order valence-electron chi connectivity index (χ3n) is 4.57. The highest BCUT2D eigenvalue weighted by Crippen LogP contribution is 2.22. The maximum atomic E-state index is 12.1. The zero-order valence-corrected chi connectivity index (χ0v) is 15.0. The Labute approximate surface area is 149 Å². The van der Waals surface area contributed by atoms with E-state index in [9.17, 15) is 4.79 Å². The maximum absolute atomic E-state index is 12.1. The summed E-state index contributed by atoms with van der Waals surface area (Å²) in [5, 5.41) is 2.89. The lowest BCUT2D eigenvalue weighted by atomic mass is 10.1. The number of ether oxygens (including phenoxy) is 1. The Balaban J connectivity index is 1.53. The van der Waals surface area contributed by atoms with E-state index in [2.05, 4.69) is 22.3 Å². The molecule has 0 saturated carbocycles. The second-order valence-corrected chi connectivity index (χ2v) is 6.70. The molecule has 2 aromatic rings. The maximum Gasteiger partial charge on any atom is 0.262 e. The number of amides is 1. The number of nitrogens with one attached hydrogen (secondary N) is 1. The summed E-state index contributed by atoms with van der Waals surface area (Å²) in [7, 11) is 0. The fourth-order valence-corrected chi connectivity index (χ4v) is 3.11. The van der Waals surface area contributed by atoms with Gasteiger partial charge in [-0.2, -0.15) is 0 Å². The van der Waals surface area contributed by atoms with Crippen LogP contribution in [0.1, 0.15) is 30.4 Å². The Morgan fingerprint density at radius 1 is 1.04 bits per heavy atom. The van der Waals surface area contributed by atoms with Crippen LogP contribution >= 0.6 is 0 Å². The molecule has 3 rings (SSSR count). The van der Waals surface area contributed by atoms with Crippen molar-refractivity contribution in [1.29, 1.82) is 0 Å². The smallest absolute Gasteiger partial charge is 0.262 e. The molecule has 132 valence electrons. The predicted octanol–water partition coefficient (Wildman–Crippen LogP) is 4.31. The van der Waals surface area contributed by atoms with Crippen molar-refractivity contribution in [2.45, 2.75) is 33.1 Å². The Kier molecular flexibility index (Phi) is 5.59. The molecule has 0 atom stereocenters. The molecule has 1 fully saturated rings. The minimum absolute atomic E-state index is 0.0121. The number of carbonyl (C=O) groups is 1. The van der Waals surface area contributed by atoms with E-state index in [0.717, 1.165) is 35.7 Å². The van der Waals surface area contributed by atoms with E-state index < -0.39 is 0 Å². The van der Waals surface area contributed by atoms with Crippen molar-refractivity contribution in [3.8, 4) is 5.75 Å². The number of benzene rings is 2. The molecule has 0 radical (unpaired) electrons. The van der Waals surface area contributed by atoms with Crippen LogP contribution in [0.15, 0.2) is 42.5 Å². The zero-order valence-electron chi connectivity index (χ0n) is 15.0. The van der Waals surface area contributed by atoms with E-state index in [0.29, 0.717) is 0 Å². The Bertz CT molecular complexity index is 719. The SMILES string of the molecule is Cc1ccc(C)c(OCC(=O)Nc2ccc(N3CCCCC3)cc2)c1. The second kappa shape index (κ2) is 8.06. The number of piperidine rings is 1. The molecule has 25 heavy (non-hydrogen) atoms. The number of anilines is 2. The Morgan fingerprint density at radius 3 is 2.48 bits per heavy atom. The van der Waals surface area contributed by atoms with Gasteiger partial charge in [-0.1, -0.05) is 12.1 Å². The van der Waals surface area contributed by atoms with Crippen molar-refractivity contribution in [3.05, 3.63) is 53.6 Å². The quantitative estimate of drug-likeness (QED) is 0.883. The summed E-state index contributed by atoms with van der Waals surface area (Å²) in [6.45, 7) is 6.24. The molecule has 1 amide bonds. The van der Waals surface area contributed by atoms with Crippen LogP contribution in [0.2, 0.25) is 0 Å². The molecule has 1 aliphatic heterocycles. The second-order valence-electron chi connectivity index (χ2n) is 6.70. The summed E-state index contributed by atoms with van der Waals surface area (Å²) in [5.74, 6) is 0.613. The van der Waals surface area contributed by atoms with Crippen LogP contribution in [0.3, 0.4) is 0 Å². The minimum Gasteiger partial charge on any atom is -0.483 e. The monoisotopic (exact) mass is 338 g/mol. The normalized spacial score (nSPS) is 14.2. The lowest BCUT2D eigenvalue weighted by molar-refractivity contribution is -0.118. The predicted molar refractivity (Wildman–Crippen MR) is 103 cm³/mol. The van der Waals surface area contributed by atoms with E-state index in [-0.39, 0.29) is 12.5 Å². The molecule has 1 saturated heterocycles. The molecule has 0 bridgehead atoms. The highest BCUT2D eigenvalue weighted by molar-refractivity contribution is 5.92.